The van der Waals surface area contributed by atoms with Crippen LogP contribution in [0.3, 0.4) is 0 Å². The molecule has 0 aliphatic heterocycles. The minimum atomic E-state index is -4.53. The molecule has 1 N–H and O–H groups in total. The van der Waals surface area contributed by atoms with Gasteiger partial charge in [0.05, 0.1) is 16.1 Å². The van der Waals surface area contributed by atoms with Crippen LogP contribution in [0.2, 0.25) is 0 Å². The molecule has 1 heterocycles. The van der Waals surface area contributed by atoms with Gasteiger partial charge in [-0.15, -0.1) is 11.3 Å². The molecule has 1 atom stereocenters. The van der Waals surface area contributed by atoms with E-state index in [1.807, 2.05) is 0 Å². The van der Waals surface area contributed by atoms with Crippen LogP contribution in [0.1, 0.15) is 17.2 Å². The van der Waals surface area contributed by atoms with Crippen LogP contribution < -0.4 is 0 Å². The lowest BCUT2D eigenvalue weighted by Gasteiger charge is -2.16. The molecule has 0 amide bonds. The zero-order valence-electron chi connectivity index (χ0n) is 7.21. The first-order valence-corrected chi connectivity index (χ1v) is 5.45. The van der Waals surface area contributed by atoms with Gasteiger partial charge in [-0.1, -0.05) is 0 Å². The van der Waals surface area contributed by atoms with Crippen LogP contribution in [0.15, 0.2) is 15.9 Å². The fourth-order valence-corrected chi connectivity index (χ4v) is 2.62. The summed E-state index contributed by atoms with van der Waals surface area (Å²) in [5.74, 6) is -3.38. The number of halogens is 4. The molecule has 0 aliphatic carbocycles. The molecule has 7 heteroatoms. The van der Waals surface area contributed by atoms with Crippen molar-refractivity contribution in [1.82, 2.24) is 0 Å². The van der Waals surface area contributed by atoms with Crippen molar-refractivity contribution in [3.63, 3.8) is 0 Å². The van der Waals surface area contributed by atoms with E-state index in [4.69, 9.17) is 5.11 Å². The summed E-state index contributed by atoms with van der Waals surface area (Å²) >= 11 is 3.94. The number of hydrogen-bond acceptors (Lipinski definition) is 2. The van der Waals surface area contributed by atoms with Gasteiger partial charge in [-0.05, 0) is 28.1 Å². The molecule has 1 rings (SSSR count). The minimum absolute atomic E-state index is 0.0109. The van der Waals surface area contributed by atoms with Gasteiger partial charge in [0, 0.05) is 4.88 Å². The maximum atomic E-state index is 12.5. The van der Waals surface area contributed by atoms with Gasteiger partial charge in [-0.25, -0.2) is 0 Å². The molecule has 0 aromatic carbocycles. The Hall–Kier alpha value is -0.560. The van der Waals surface area contributed by atoms with Crippen molar-refractivity contribution in [2.24, 2.45) is 0 Å². The summed E-state index contributed by atoms with van der Waals surface area (Å²) in [5.41, 5.74) is 0. The van der Waals surface area contributed by atoms with E-state index in [0.717, 1.165) is 11.3 Å². The second kappa shape index (κ2) is 4.52. The standard InChI is InChI=1S/C8H6BrF3O2S/c9-6-2-1-5(15-6)4(3-7(13)14)8(10,11)12/h1-2,4H,3H2,(H,13,14). The van der Waals surface area contributed by atoms with Crippen molar-refractivity contribution in [3.8, 4) is 0 Å². The normalized spacial score (nSPS) is 13.9. The first-order chi connectivity index (χ1) is 6.80. The third-order valence-electron chi connectivity index (χ3n) is 1.71. The zero-order chi connectivity index (χ0) is 11.6. The lowest BCUT2D eigenvalue weighted by Crippen LogP contribution is -2.22. The average Bonchev–Trinajstić information content (AvgIpc) is 2.45. The summed E-state index contributed by atoms with van der Waals surface area (Å²) in [4.78, 5) is 10.3. The number of carboxylic acids is 1. The second-order valence-corrected chi connectivity index (χ2v) is 5.33. The summed E-state index contributed by atoms with van der Waals surface area (Å²) in [7, 11) is 0. The largest absolute Gasteiger partial charge is 0.481 e. The van der Waals surface area contributed by atoms with Crippen LogP contribution >= 0.6 is 27.3 Å². The molecule has 1 aromatic heterocycles. The Morgan fingerprint density at radius 3 is 2.47 bits per heavy atom. The summed E-state index contributed by atoms with van der Waals surface area (Å²) < 4.78 is 38.1. The third kappa shape index (κ3) is 3.49. The smallest absolute Gasteiger partial charge is 0.397 e. The Bertz CT molecular complexity index is 361. The molecule has 0 saturated carbocycles. The highest BCUT2D eigenvalue weighted by atomic mass is 79.9. The summed E-state index contributed by atoms with van der Waals surface area (Å²) in [6, 6.07) is 2.76. The van der Waals surface area contributed by atoms with Crippen molar-refractivity contribution in [2.75, 3.05) is 0 Å². The van der Waals surface area contributed by atoms with E-state index < -0.39 is 24.5 Å². The third-order valence-corrected chi connectivity index (χ3v) is 3.45. The number of aliphatic carboxylic acids is 1. The number of hydrogen-bond donors (Lipinski definition) is 1. The summed E-state index contributed by atoms with van der Waals surface area (Å²) in [5, 5.41) is 8.41. The number of thiophene rings is 1. The van der Waals surface area contributed by atoms with E-state index in [-0.39, 0.29) is 4.88 Å². The van der Waals surface area contributed by atoms with Crippen LogP contribution in [-0.2, 0) is 4.79 Å². The molecule has 0 radical (unpaired) electrons. The van der Waals surface area contributed by atoms with Crippen molar-refractivity contribution in [2.45, 2.75) is 18.5 Å². The van der Waals surface area contributed by atoms with E-state index in [2.05, 4.69) is 15.9 Å². The van der Waals surface area contributed by atoms with Gasteiger partial charge in [0.2, 0.25) is 0 Å². The van der Waals surface area contributed by atoms with Crippen LogP contribution in [0, 0.1) is 0 Å². The zero-order valence-corrected chi connectivity index (χ0v) is 9.62. The summed E-state index contributed by atoms with van der Waals surface area (Å²) in [6.45, 7) is 0. The molecule has 84 valence electrons. The van der Waals surface area contributed by atoms with Gasteiger partial charge in [-0.3, -0.25) is 4.79 Å². The monoisotopic (exact) mass is 302 g/mol. The SMILES string of the molecule is O=C(O)CC(c1ccc(Br)s1)C(F)(F)F. The predicted octanol–water partition coefficient (Wildman–Crippen LogP) is 3.63. The molecule has 0 aliphatic rings. The molecule has 15 heavy (non-hydrogen) atoms. The number of carboxylic acid groups (broad SMARTS) is 1. The highest BCUT2D eigenvalue weighted by Gasteiger charge is 2.42. The molecular weight excluding hydrogens is 297 g/mol. The number of rotatable bonds is 3. The van der Waals surface area contributed by atoms with E-state index in [1.54, 1.807) is 0 Å². The molecule has 0 fully saturated rings. The van der Waals surface area contributed by atoms with Gasteiger partial charge in [-0.2, -0.15) is 13.2 Å². The van der Waals surface area contributed by atoms with Gasteiger partial charge >= 0.3 is 12.1 Å². The van der Waals surface area contributed by atoms with Crippen molar-refractivity contribution < 1.29 is 23.1 Å². The maximum Gasteiger partial charge on any atom is 0.397 e. The van der Waals surface area contributed by atoms with Crippen LogP contribution in [-0.4, -0.2) is 17.3 Å². The van der Waals surface area contributed by atoms with Gasteiger partial charge in [0.15, 0.2) is 0 Å². The van der Waals surface area contributed by atoms with Crippen LogP contribution in [0.25, 0.3) is 0 Å². The number of carbonyl (C=O) groups is 1. The first kappa shape index (κ1) is 12.5. The average molecular weight is 303 g/mol. The van der Waals surface area contributed by atoms with Gasteiger partial charge < -0.3 is 5.11 Å². The van der Waals surface area contributed by atoms with Gasteiger partial charge in [0.25, 0.3) is 0 Å². The fourth-order valence-electron chi connectivity index (χ4n) is 1.07. The molecule has 1 unspecified atom stereocenters. The van der Waals surface area contributed by atoms with E-state index in [9.17, 15) is 18.0 Å². The quantitative estimate of drug-likeness (QED) is 0.926. The topological polar surface area (TPSA) is 37.3 Å². The van der Waals surface area contributed by atoms with E-state index in [0.29, 0.717) is 3.79 Å². The van der Waals surface area contributed by atoms with Crippen molar-refractivity contribution in [1.29, 1.82) is 0 Å². The minimum Gasteiger partial charge on any atom is -0.481 e. The number of alkyl halides is 3. The lowest BCUT2D eigenvalue weighted by molar-refractivity contribution is -0.162. The molecule has 0 saturated heterocycles. The predicted molar refractivity (Wildman–Crippen MR) is 53.1 cm³/mol. The molecule has 2 nitrogen and oxygen atoms in total. The molecule has 1 aromatic rings. The highest BCUT2D eigenvalue weighted by Crippen LogP contribution is 2.41. The van der Waals surface area contributed by atoms with Crippen molar-refractivity contribution in [3.05, 3.63) is 20.8 Å². The Balaban J connectivity index is 2.96. The second-order valence-electron chi connectivity index (χ2n) is 2.83. The highest BCUT2D eigenvalue weighted by molar-refractivity contribution is 9.11. The maximum absolute atomic E-state index is 12.5. The Morgan fingerprint density at radius 1 is 1.53 bits per heavy atom. The van der Waals surface area contributed by atoms with Gasteiger partial charge in [0.1, 0.15) is 0 Å². The fraction of sp³-hybridized carbons (Fsp3) is 0.375. The van der Waals surface area contributed by atoms with E-state index >= 15 is 0 Å². The summed E-state index contributed by atoms with van der Waals surface area (Å²) in [6.07, 6.45) is -5.46. The molecule has 0 spiro atoms. The Kier molecular flexibility index (Phi) is 3.77. The molecule has 0 bridgehead atoms. The first-order valence-electron chi connectivity index (χ1n) is 3.84. The van der Waals surface area contributed by atoms with Crippen molar-refractivity contribution >= 4 is 33.2 Å². The lowest BCUT2D eigenvalue weighted by atomic mass is 10.0. The Morgan fingerprint density at radius 2 is 2.13 bits per heavy atom. The molecular formula is C8H6BrF3O2S. The van der Waals surface area contributed by atoms with Crippen LogP contribution in [0.4, 0.5) is 13.2 Å². The van der Waals surface area contributed by atoms with Crippen LogP contribution in [0.5, 0.6) is 0 Å². The Labute approximate surface area is 95.9 Å². The van der Waals surface area contributed by atoms with E-state index in [1.165, 1.54) is 12.1 Å².